The topological polar surface area (TPSA) is 55.1 Å². The van der Waals surface area contributed by atoms with Gasteiger partial charge in [0.05, 0.1) is 5.41 Å². The third-order valence-corrected chi connectivity index (χ3v) is 5.79. The minimum Gasteiger partial charge on any atom is -0.353 e. The van der Waals surface area contributed by atoms with Crippen LogP contribution in [0.5, 0.6) is 0 Å². The molecule has 0 saturated heterocycles. The highest BCUT2D eigenvalue weighted by Crippen LogP contribution is 2.38. The van der Waals surface area contributed by atoms with Gasteiger partial charge in [-0.25, -0.2) is 0 Å². The third-order valence-electron chi connectivity index (χ3n) is 4.56. The largest absolute Gasteiger partial charge is 0.353 e. The molecular formula is C14H26N2OS. The zero-order valence-corrected chi connectivity index (χ0v) is 12.2. The SMILES string of the molecule is CCSC1CCC(NC(=O)C2(CN)CCCC2)C1. The maximum absolute atomic E-state index is 12.4. The van der Waals surface area contributed by atoms with Crippen molar-refractivity contribution in [1.82, 2.24) is 5.32 Å². The van der Waals surface area contributed by atoms with E-state index in [2.05, 4.69) is 12.2 Å². The Morgan fingerprint density at radius 3 is 2.72 bits per heavy atom. The van der Waals surface area contributed by atoms with Crippen molar-refractivity contribution in [2.75, 3.05) is 12.3 Å². The van der Waals surface area contributed by atoms with Crippen LogP contribution in [-0.4, -0.2) is 29.5 Å². The summed E-state index contributed by atoms with van der Waals surface area (Å²) in [7, 11) is 0. The molecule has 2 unspecified atom stereocenters. The van der Waals surface area contributed by atoms with E-state index in [4.69, 9.17) is 5.73 Å². The van der Waals surface area contributed by atoms with Crippen LogP contribution in [-0.2, 0) is 4.79 Å². The van der Waals surface area contributed by atoms with E-state index in [1.165, 1.54) is 12.2 Å². The molecule has 0 aromatic heterocycles. The highest BCUT2D eigenvalue weighted by atomic mass is 32.2. The van der Waals surface area contributed by atoms with Crippen molar-refractivity contribution in [3.05, 3.63) is 0 Å². The molecule has 0 aliphatic heterocycles. The predicted octanol–water partition coefficient (Wildman–Crippen LogP) is 2.30. The average Bonchev–Trinajstić information content (AvgIpc) is 2.99. The molecule has 18 heavy (non-hydrogen) atoms. The lowest BCUT2D eigenvalue weighted by molar-refractivity contribution is -0.131. The van der Waals surface area contributed by atoms with Crippen molar-refractivity contribution >= 4 is 17.7 Å². The second-order valence-electron chi connectivity index (χ2n) is 5.75. The molecule has 2 aliphatic carbocycles. The standard InChI is InChI=1S/C14H26N2OS/c1-2-18-12-6-5-11(9-12)16-13(17)14(10-15)7-3-4-8-14/h11-12H,2-10,15H2,1H3,(H,16,17). The summed E-state index contributed by atoms with van der Waals surface area (Å²) in [5.74, 6) is 1.41. The van der Waals surface area contributed by atoms with Gasteiger partial charge in [0, 0.05) is 17.8 Å². The molecule has 2 saturated carbocycles. The zero-order chi connectivity index (χ0) is 13.0. The van der Waals surface area contributed by atoms with Crippen LogP contribution in [0.3, 0.4) is 0 Å². The quantitative estimate of drug-likeness (QED) is 0.806. The fourth-order valence-electron chi connectivity index (χ4n) is 3.37. The molecule has 3 nitrogen and oxygen atoms in total. The Bertz CT molecular complexity index is 290. The van der Waals surface area contributed by atoms with E-state index >= 15 is 0 Å². The molecule has 2 atom stereocenters. The van der Waals surface area contributed by atoms with Crippen LogP contribution in [0.2, 0.25) is 0 Å². The Labute approximate surface area is 115 Å². The van der Waals surface area contributed by atoms with E-state index in [9.17, 15) is 4.79 Å². The van der Waals surface area contributed by atoms with Crippen molar-refractivity contribution in [2.45, 2.75) is 63.2 Å². The lowest BCUT2D eigenvalue weighted by Gasteiger charge is -2.27. The van der Waals surface area contributed by atoms with E-state index in [0.29, 0.717) is 12.6 Å². The van der Waals surface area contributed by atoms with Crippen molar-refractivity contribution in [3.63, 3.8) is 0 Å². The maximum Gasteiger partial charge on any atom is 0.227 e. The van der Waals surface area contributed by atoms with Crippen LogP contribution in [0.1, 0.15) is 51.9 Å². The Kier molecular flexibility index (Phi) is 4.96. The minimum atomic E-state index is -0.240. The summed E-state index contributed by atoms with van der Waals surface area (Å²) in [5, 5.41) is 4.02. The second-order valence-corrected chi connectivity index (χ2v) is 7.33. The molecule has 104 valence electrons. The van der Waals surface area contributed by atoms with Gasteiger partial charge in [0.15, 0.2) is 0 Å². The van der Waals surface area contributed by atoms with E-state index < -0.39 is 0 Å². The van der Waals surface area contributed by atoms with Gasteiger partial charge < -0.3 is 11.1 Å². The molecular weight excluding hydrogens is 244 g/mol. The summed E-state index contributed by atoms with van der Waals surface area (Å²) in [4.78, 5) is 12.4. The number of hydrogen-bond acceptors (Lipinski definition) is 3. The van der Waals surface area contributed by atoms with Crippen molar-refractivity contribution in [1.29, 1.82) is 0 Å². The van der Waals surface area contributed by atoms with Gasteiger partial charge in [-0.15, -0.1) is 0 Å². The molecule has 1 amide bonds. The fourth-order valence-corrected chi connectivity index (χ4v) is 4.51. The van der Waals surface area contributed by atoms with Gasteiger partial charge in [0.1, 0.15) is 0 Å². The van der Waals surface area contributed by atoms with Crippen molar-refractivity contribution in [3.8, 4) is 0 Å². The minimum absolute atomic E-state index is 0.231. The van der Waals surface area contributed by atoms with Gasteiger partial charge >= 0.3 is 0 Å². The third kappa shape index (κ3) is 3.02. The van der Waals surface area contributed by atoms with Crippen LogP contribution in [0, 0.1) is 5.41 Å². The van der Waals surface area contributed by atoms with Crippen LogP contribution < -0.4 is 11.1 Å². The highest BCUT2D eigenvalue weighted by molar-refractivity contribution is 7.99. The first-order valence-corrected chi connectivity index (χ1v) is 8.37. The maximum atomic E-state index is 12.4. The van der Waals surface area contributed by atoms with Crippen molar-refractivity contribution in [2.24, 2.45) is 11.1 Å². The Morgan fingerprint density at radius 2 is 2.11 bits per heavy atom. The molecule has 2 rings (SSSR count). The van der Waals surface area contributed by atoms with E-state index in [1.807, 2.05) is 11.8 Å². The monoisotopic (exact) mass is 270 g/mol. The zero-order valence-electron chi connectivity index (χ0n) is 11.4. The number of carbonyl (C=O) groups is 1. The normalized spacial score (nSPS) is 30.6. The Morgan fingerprint density at radius 1 is 1.39 bits per heavy atom. The average molecular weight is 270 g/mol. The lowest BCUT2D eigenvalue weighted by Crippen LogP contribution is -2.47. The van der Waals surface area contributed by atoms with Gasteiger partial charge in [-0.1, -0.05) is 19.8 Å². The van der Waals surface area contributed by atoms with E-state index in [1.54, 1.807) is 0 Å². The Hall–Kier alpha value is -0.220. The fraction of sp³-hybridized carbons (Fsp3) is 0.929. The molecule has 2 aliphatic rings. The van der Waals surface area contributed by atoms with Gasteiger partial charge in [0.2, 0.25) is 5.91 Å². The first kappa shape index (κ1) is 14.2. The molecule has 4 heteroatoms. The first-order valence-electron chi connectivity index (χ1n) is 7.33. The predicted molar refractivity (Wildman–Crippen MR) is 77.7 cm³/mol. The number of rotatable bonds is 5. The van der Waals surface area contributed by atoms with Crippen molar-refractivity contribution < 1.29 is 4.79 Å². The smallest absolute Gasteiger partial charge is 0.227 e. The van der Waals surface area contributed by atoms with E-state index in [-0.39, 0.29) is 11.3 Å². The summed E-state index contributed by atoms with van der Waals surface area (Å²) < 4.78 is 0. The molecule has 0 radical (unpaired) electrons. The van der Waals surface area contributed by atoms with Crippen LogP contribution in [0.25, 0.3) is 0 Å². The van der Waals surface area contributed by atoms with E-state index in [0.717, 1.165) is 43.8 Å². The molecule has 0 spiro atoms. The van der Waals surface area contributed by atoms with Crippen LogP contribution in [0.15, 0.2) is 0 Å². The number of carbonyl (C=O) groups excluding carboxylic acids is 1. The summed E-state index contributed by atoms with van der Waals surface area (Å²) in [6, 6.07) is 0.394. The molecule has 0 bridgehead atoms. The van der Waals surface area contributed by atoms with Crippen LogP contribution >= 0.6 is 11.8 Å². The summed E-state index contributed by atoms with van der Waals surface area (Å²) in [5.41, 5.74) is 5.61. The molecule has 3 N–H and O–H groups in total. The highest BCUT2D eigenvalue weighted by Gasteiger charge is 2.41. The summed E-state index contributed by atoms with van der Waals surface area (Å²) in [6.07, 6.45) is 7.81. The van der Waals surface area contributed by atoms with Gasteiger partial charge in [0.25, 0.3) is 0 Å². The number of hydrogen-bond donors (Lipinski definition) is 2. The summed E-state index contributed by atoms with van der Waals surface area (Å²) in [6.45, 7) is 2.72. The Balaban J connectivity index is 1.84. The van der Waals surface area contributed by atoms with Gasteiger partial charge in [-0.2, -0.15) is 11.8 Å². The molecule has 0 aromatic carbocycles. The van der Waals surface area contributed by atoms with Gasteiger partial charge in [-0.3, -0.25) is 4.79 Å². The van der Waals surface area contributed by atoms with Gasteiger partial charge in [-0.05, 0) is 37.9 Å². The number of thioether (sulfide) groups is 1. The number of nitrogens with two attached hydrogens (primary N) is 1. The number of amides is 1. The van der Waals surface area contributed by atoms with Crippen LogP contribution in [0.4, 0.5) is 0 Å². The lowest BCUT2D eigenvalue weighted by atomic mass is 9.85. The molecule has 2 fully saturated rings. The second kappa shape index (κ2) is 6.29. The first-order chi connectivity index (χ1) is 8.70. The summed E-state index contributed by atoms with van der Waals surface area (Å²) >= 11 is 2.03. The molecule has 0 aromatic rings. The molecule has 0 heterocycles. The number of nitrogens with one attached hydrogen (secondary N) is 1.